The smallest absolute Gasteiger partial charge is 0.434 e. The number of azide groups is 1. The molecule has 1 aliphatic heterocycles. The number of aryl methyl sites for hydroxylation is 1. The lowest BCUT2D eigenvalue weighted by Gasteiger charge is -2.16. The zero-order chi connectivity index (χ0) is 22.6. The number of nitrogens with one attached hydrogen (secondary N) is 1. The maximum Gasteiger partial charge on any atom is 0.508 e. The fourth-order valence-electron chi connectivity index (χ4n) is 3.29. The molecular formula is C19H29N5O7. The number of unbranched alkanes of at least 4 members (excludes halogenated alkanes) is 5. The molecule has 2 rings (SSSR count). The van der Waals surface area contributed by atoms with E-state index in [1.807, 2.05) is 0 Å². The van der Waals surface area contributed by atoms with E-state index in [4.69, 9.17) is 24.8 Å². The highest BCUT2D eigenvalue weighted by atomic mass is 16.7. The molecule has 1 saturated heterocycles. The molecule has 2 heterocycles. The third kappa shape index (κ3) is 7.74. The van der Waals surface area contributed by atoms with E-state index in [9.17, 15) is 14.4 Å². The number of nitrogens with zero attached hydrogens (tertiary/aromatic N) is 4. The van der Waals surface area contributed by atoms with Crippen molar-refractivity contribution in [2.75, 3.05) is 19.8 Å². The molecule has 0 bridgehead atoms. The molecule has 31 heavy (non-hydrogen) atoms. The average molecular weight is 439 g/mol. The van der Waals surface area contributed by atoms with E-state index in [1.54, 1.807) is 6.92 Å². The van der Waals surface area contributed by atoms with Gasteiger partial charge in [-0.3, -0.25) is 14.3 Å². The summed E-state index contributed by atoms with van der Waals surface area (Å²) in [5, 5.41) is 12.4. The van der Waals surface area contributed by atoms with Crippen molar-refractivity contribution in [2.24, 2.45) is 5.11 Å². The van der Waals surface area contributed by atoms with Crippen LogP contribution in [0.25, 0.3) is 10.4 Å². The first kappa shape index (κ1) is 24.4. The summed E-state index contributed by atoms with van der Waals surface area (Å²) < 4.78 is 17.1. The van der Waals surface area contributed by atoms with Gasteiger partial charge in [0, 0.05) is 29.7 Å². The minimum atomic E-state index is -0.843. The highest BCUT2D eigenvalue weighted by Crippen LogP contribution is 2.30. The van der Waals surface area contributed by atoms with Gasteiger partial charge >= 0.3 is 11.8 Å². The molecule has 2 N–H and O–H groups in total. The molecule has 1 aliphatic rings. The Morgan fingerprint density at radius 1 is 1.29 bits per heavy atom. The summed E-state index contributed by atoms with van der Waals surface area (Å²) in [6.07, 6.45) is 4.66. The molecule has 3 atom stereocenters. The van der Waals surface area contributed by atoms with E-state index in [1.165, 1.54) is 10.8 Å². The molecule has 1 aromatic heterocycles. The lowest BCUT2D eigenvalue weighted by molar-refractivity contribution is -0.0423. The number of aromatic amines is 1. The van der Waals surface area contributed by atoms with Crippen LogP contribution in [0.3, 0.4) is 0 Å². The van der Waals surface area contributed by atoms with Gasteiger partial charge in [0.25, 0.3) is 5.56 Å². The van der Waals surface area contributed by atoms with Crippen LogP contribution in [0.5, 0.6) is 0 Å². The molecule has 3 unspecified atom stereocenters. The van der Waals surface area contributed by atoms with Gasteiger partial charge in [0.2, 0.25) is 0 Å². The second kappa shape index (κ2) is 12.8. The Hall–Kier alpha value is -2.82. The molecule has 0 aliphatic carbocycles. The Bertz CT molecular complexity index is 877. The number of hydrogen-bond donors (Lipinski definition) is 2. The first-order valence-corrected chi connectivity index (χ1v) is 10.4. The topological polar surface area (TPSA) is 169 Å². The van der Waals surface area contributed by atoms with Gasteiger partial charge in [0.15, 0.2) is 0 Å². The lowest BCUT2D eigenvalue weighted by atomic mass is 10.1. The van der Waals surface area contributed by atoms with Crippen LogP contribution in [-0.2, 0) is 14.2 Å². The van der Waals surface area contributed by atoms with E-state index < -0.39 is 35.8 Å². The van der Waals surface area contributed by atoms with Crippen molar-refractivity contribution in [3.63, 3.8) is 0 Å². The molecule has 0 amide bonds. The van der Waals surface area contributed by atoms with E-state index in [0.29, 0.717) is 12.0 Å². The zero-order valence-corrected chi connectivity index (χ0v) is 17.6. The van der Waals surface area contributed by atoms with Gasteiger partial charge in [-0.05, 0) is 25.3 Å². The van der Waals surface area contributed by atoms with E-state index >= 15 is 0 Å². The largest absolute Gasteiger partial charge is 0.508 e. The molecule has 1 aromatic rings. The molecule has 0 aromatic carbocycles. The van der Waals surface area contributed by atoms with Crippen LogP contribution in [0, 0.1) is 6.92 Å². The maximum absolute atomic E-state index is 12.1. The minimum absolute atomic E-state index is 0.189. The summed E-state index contributed by atoms with van der Waals surface area (Å²) in [6, 6.07) is -0.652. The Balaban J connectivity index is 1.79. The average Bonchev–Trinajstić information content (AvgIpc) is 3.14. The van der Waals surface area contributed by atoms with Gasteiger partial charge in [-0.25, -0.2) is 9.59 Å². The van der Waals surface area contributed by atoms with Gasteiger partial charge < -0.3 is 19.3 Å². The van der Waals surface area contributed by atoms with Crippen LogP contribution < -0.4 is 11.2 Å². The number of aliphatic hydroxyl groups excluding tert-OH is 1. The fraction of sp³-hybridized carbons (Fsp3) is 0.737. The monoisotopic (exact) mass is 439 g/mol. The summed E-state index contributed by atoms with van der Waals surface area (Å²) >= 11 is 0. The van der Waals surface area contributed by atoms with Crippen molar-refractivity contribution in [3.05, 3.63) is 43.0 Å². The summed E-state index contributed by atoms with van der Waals surface area (Å²) in [7, 11) is 0. The Morgan fingerprint density at radius 3 is 2.71 bits per heavy atom. The first-order valence-electron chi connectivity index (χ1n) is 10.4. The Morgan fingerprint density at radius 2 is 2.00 bits per heavy atom. The number of hydrogen-bond acceptors (Lipinski definition) is 8. The number of carbonyl (C=O) groups is 1. The number of rotatable bonds is 12. The quantitative estimate of drug-likeness (QED) is 0.165. The summed E-state index contributed by atoms with van der Waals surface area (Å²) in [4.78, 5) is 40.4. The van der Waals surface area contributed by atoms with E-state index in [2.05, 4.69) is 15.0 Å². The highest BCUT2D eigenvalue weighted by Gasteiger charge is 2.37. The molecule has 172 valence electrons. The molecule has 12 nitrogen and oxygen atoms in total. The van der Waals surface area contributed by atoms with E-state index in [0.717, 1.165) is 32.1 Å². The number of aliphatic hydroxyl groups is 1. The normalized spacial score (nSPS) is 20.3. The van der Waals surface area contributed by atoms with Crippen molar-refractivity contribution in [2.45, 2.75) is 70.2 Å². The summed E-state index contributed by atoms with van der Waals surface area (Å²) in [5.74, 6) is 0. The van der Waals surface area contributed by atoms with Crippen molar-refractivity contribution in [1.29, 1.82) is 0 Å². The van der Waals surface area contributed by atoms with Crippen molar-refractivity contribution >= 4 is 6.16 Å². The number of aromatic nitrogens is 2. The van der Waals surface area contributed by atoms with Crippen LogP contribution in [0.4, 0.5) is 4.79 Å². The van der Waals surface area contributed by atoms with Crippen molar-refractivity contribution < 1.29 is 24.1 Å². The third-order valence-electron chi connectivity index (χ3n) is 5.00. The van der Waals surface area contributed by atoms with Gasteiger partial charge in [-0.2, -0.15) is 0 Å². The highest BCUT2D eigenvalue weighted by molar-refractivity contribution is 5.59. The number of H-pyrrole nitrogens is 1. The Kier molecular flexibility index (Phi) is 10.1. The van der Waals surface area contributed by atoms with Gasteiger partial charge in [-0.15, -0.1) is 0 Å². The zero-order valence-electron chi connectivity index (χ0n) is 17.6. The van der Waals surface area contributed by atoms with Crippen LogP contribution in [0.15, 0.2) is 20.9 Å². The fourth-order valence-corrected chi connectivity index (χ4v) is 3.29. The predicted octanol–water partition coefficient (Wildman–Crippen LogP) is 2.30. The van der Waals surface area contributed by atoms with Crippen LogP contribution in [0.1, 0.15) is 56.7 Å². The van der Waals surface area contributed by atoms with Gasteiger partial charge in [-0.1, -0.05) is 30.8 Å². The predicted molar refractivity (Wildman–Crippen MR) is 110 cm³/mol. The van der Waals surface area contributed by atoms with Crippen molar-refractivity contribution in [3.8, 4) is 0 Å². The summed E-state index contributed by atoms with van der Waals surface area (Å²) in [5.41, 5.74) is 8.00. The Labute approximate surface area is 178 Å². The maximum atomic E-state index is 12.1. The number of carbonyl (C=O) groups excluding carboxylic acids is 1. The second-order valence-corrected chi connectivity index (χ2v) is 7.37. The SMILES string of the molecule is Cc1cn(C2CC(N=[N+]=[N-])C(COC(=O)OCCCCCCCCO)O2)c(=O)[nH]c1=O. The molecule has 0 radical (unpaired) electrons. The standard InChI is InChI=1S/C19H29N5O7/c1-13-11-24(18(27)21-17(13)26)16-10-14(22-23-20)15(31-16)12-30-19(28)29-9-7-5-3-2-4-6-8-25/h11,14-16,25H,2-10,12H2,1H3,(H,21,26,27). The van der Waals surface area contributed by atoms with Crippen molar-refractivity contribution in [1.82, 2.24) is 9.55 Å². The number of ether oxygens (including phenoxy) is 3. The minimum Gasteiger partial charge on any atom is -0.434 e. The van der Waals surface area contributed by atoms with E-state index in [-0.39, 0.29) is 26.2 Å². The first-order chi connectivity index (χ1) is 15.0. The molecule has 1 fully saturated rings. The molecule has 0 spiro atoms. The lowest BCUT2D eigenvalue weighted by Crippen LogP contribution is -2.33. The second-order valence-electron chi connectivity index (χ2n) is 7.37. The van der Waals surface area contributed by atoms with Crippen LogP contribution in [-0.4, -0.2) is 52.8 Å². The molecular weight excluding hydrogens is 410 g/mol. The molecule has 0 saturated carbocycles. The van der Waals surface area contributed by atoms with Gasteiger partial charge in [0.1, 0.15) is 18.9 Å². The van der Waals surface area contributed by atoms with Gasteiger partial charge in [0.05, 0.1) is 12.6 Å². The third-order valence-corrected chi connectivity index (χ3v) is 5.00. The van der Waals surface area contributed by atoms with Crippen LogP contribution in [0.2, 0.25) is 0 Å². The summed E-state index contributed by atoms with van der Waals surface area (Å²) in [6.45, 7) is 1.80. The molecule has 12 heteroatoms. The van der Waals surface area contributed by atoms with Crippen LogP contribution >= 0.6 is 0 Å².